The van der Waals surface area contributed by atoms with Crippen LogP contribution in [0.5, 0.6) is 0 Å². The van der Waals surface area contributed by atoms with E-state index in [2.05, 4.69) is 58.9 Å². The zero-order valence-corrected chi connectivity index (χ0v) is 16.6. The van der Waals surface area contributed by atoms with Gasteiger partial charge in [-0.05, 0) is 44.7 Å². The van der Waals surface area contributed by atoms with E-state index >= 15 is 0 Å². The van der Waals surface area contributed by atoms with Gasteiger partial charge >= 0.3 is 0 Å². The topological polar surface area (TPSA) is 48.9 Å². The Bertz CT molecular complexity index is 614. The number of ether oxygens (including phenoxy) is 1. The van der Waals surface area contributed by atoms with Crippen molar-refractivity contribution in [2.75, 3.05) is 39.4 Å². The number of nitrogens with one attached hydrogen (secondary N) is 2. The van der Waals surface area contributed by atoms with Gasteiger partial charge in [0.15, 0.2) is 5.96 Å². The lowest BCUT2D eigenvalue weighted by molar-refractivity contribution is 0.153. The molecule has 0 aliphatic carbocycles. The Morgan fingerprint density at radius 3 is 2.93 bits per heavy atom. The monoisotopic (exact) mass is 370 g/mol. The maximum absolute atomic E-state index is 5.38. The summed E-state index contributed by atoms with van der Waals surface area (Å²) in [5, 5.41) is 6.88. The standard InChI is InChI=1S/C22H34N4O/c1-2-23-22(24-13-10-19-11-15-27-16-12-19)25-17-21-9-6-14-26(21)18-20-7-4-3-5-8-20/h3-5,7-8,11,21H,2,6,9-10,12-18H2,1H3,(H2,23,24,25). The fourth-order valence-corrected chi connectivity index (χ4v) is 3.80. The normalized spacial score (nSPS) is 21.1. The Labute approximate surface area is 163 Å². The zero-order chi connectivity index (χ0) is 18.7. The van der Waals surface area contributed by atoms with Gasteiger partial charge in [-0.25, -0.2) is 0 Å². The van der Waals surface area contributed by atoms with E-state index in [9.17, 15) is 0 Å². The number of rotatable bonds is 8. The molecule has 0 aromatic heterocycles. The second-order valence-electron chi connectivity index (χ2n) is 7.34. The second kappa shape index (κ2) is 11.1. The van der Waals surface area contributed by atoms with Crippen LogP contribution in [0.15, 0.2) is 47.0 Å². The van der Waals surface area contributed by atoms with Crippen molar-refractivity contribution in [1.29, 1.82) is 0 Å². The van der Waals surface area contributed by atoms with Gasteiger partial charge in [0.2, 0.25) is 0 Å². The molecule has 5 heteroatoms. The Balaban J connectivity index is 1.48. The molecule has 1 aromatic carbocycles. The van der Waals surface area contributed by atoms with Crippen molar-refractivity contribution < 1.29 is 4.74 Å². The lowest BCUT2D eigenvalue weighted by atomic mass is 10.1. The molecule has 1 unspecified atom stereocenters. The number of guanidine groups is 1. The first kappa shape index (κ1) is 19.9. The van der Waals surface area contributed by atoms with E-state index in [1.807, 2.05) is 0 Å². The molecule has 3 rings (SSSR count). The second-order valence-corrected chi connectivity index (χ2v) is 7.34. The summed E-state index contributed by atoms with van der Waals surface area (Å²) < 4.78 is 5.38. The largest absolute Gasteiger partial charge is 0.377 e. The number of hydrogen-bond donors (Lipinski definition) is 2. The third-order valence-electron chi connectivity index (χ3n) is 5.33. The molecule has 2 aliphatic heterocycles. The molecule has 27 heavy (non-hydrogen) atoms. The lowest BCUT2D eigenvalue weighted by Crippen LogP contribution is -2.39. The summed E-state index contributed by atoms with van der Waals surface area (Å²) >= 11 is 0. The average Bonchev–Trinajstić information content (AvgIpc) is 3.14. The van der Waals surface area contributed by atoms with Crippen molar-refractivity contribution in [1.82, 2.24) is 15.5 Å². The van der Waals surface area contributed by atoms with E-state index in [-0.39, 0.29) is 0 Å². The number of likely N-dealkylation sites (tertiary alicyclic amines) is 1. The highest BCUT2D eigenvalue weighted by atomic mass is 16.5. The predicted molar refractivity (Wildman–Crippen MR) is 112 cm³/mol. The van der Waals surface area contributed by atoms with Crippen LogP contribution < -0.4 is 10.6 Å². The van der Waals surface area contributed by atoms with Gasteiger partial charge in [0.05, 0.1) is 19.8 Å². The van der Waals surface area contributed by atoms with Gasteiger partial charge in [-0.2, -0.15) is 0 Å². The molecule has 0 saturated carbocycles. The van der Waals surface area contributed by atoms with E-state index in [1.165, 1.54) is 30.5 Å². The number of benzene rings is 1. The van der Waals surface area contributed by atoms with Gasteiger partial charge in [-0.3, -0.25) is 9.89 Å². The minimum Gasteiger partial charge on any atom is -0.377 e. The molecule has 1 saturated heterocycles. The van der Waals surface area contributed by atoms with Crippen molar-refractivity contribution in [2.24, 2.45) is 4.99 Å². The molecule has 0 radical (unpaired) electrons. The van der Waals surface area contributed by atoms with Crippen LogP contribution in [0.2, 0.25) is 0 Å². The highest BCUT2D eigenvalue weighted by molar-refractivity contribution is 5.79. The van der Waals surface area contributed by atoms with Crippen molar-refractivity contribution in [2.45, 2.75) is 45.2 Å². The third-order valence-corrected chi connectivity index (χ3v) is 5.33. The highest BCUT2D eigenvalue weighted by Gasteiger charge is 2.24. The summed E-state index contributed by atoms with van der Waals surface area (Å²) in [6.45, 7) is 8.63. The maximum atomic E-state index is 5.38. The molecule has 2 N–H and O–H groups in total. The van der Waals surface area contributed by atoms with Crippen LogP contribution in [0, 0.1) is 0 Å². The molecule has 5 nitrogen and oxygen atoms in total. The van der Waals surface area contributed by atoms with Crippen LogP contribution in [0.3, 0.4) is 0 Å². The van der Waals surface area contributed by atoms with Crippen LogP contribution in [0.1, 0.15) is 38.2 Å². The van der Waals surface area contributed by atoms with Crippen molar-refractivity contribution in [3.05, 3.63) is 47.5 Å². The van der Waals surface area contributed by atoms with Crippen molar-refractivity contribution in [3.63, 3.8) is 0 Å². The summed E-state index contributed by atoms with van der Waals surface area (Å²) in [7, 11) is 0. The van der Waals surface area contributed by atoms with E-state index < -0.39 is 0 Å². The predicted octanol–water partition coefficient (Wildman–Crippen LogP) is 2.94. The van der Waals surface area contributed by atoms with Crippen LogP contribution >= 0.6 is 0 Å². The number of nitrogens with zero attached hydrogens (tertiary/aromatic N) is 2. The van der Waals surface area contributed by atoms with Gasteiger partial charge in [-0.1, -0.05) is 42.0 Å². The molecule has 2 aliphatic rings. The summed E-state index contributed by atoms with van der Waals surface area (Å²) in [4.78, 5) is 7.46. The quantitative estimate of drug-likeness (QED) is 0.420. The molecule has 1 aromatic rings. The molecule has 0 spiro atoms. The Hall–Kier alpha value is -1.85. The molecule has 1 atom stereocenters. The molecular weight excluding hydrogens is 336 g/mol. The SMILES string of the molecule is CCNC(=NCC1CCCN1Cc1ccccc1)NCCC1=CCOCC1. The summed E-state index contributed by atoms with van der Waals surface area (Å²) in [6, 6.07) is 11.3. The molecule has 148 valence electrons. The van der Waals surface area contributed by atoms with Crippen LogP contribution in [0.25, 0.3) is 0 Å². The van der Waals surface area contributed by atoms with Gasteiger partial charge in [0.25, 0.3) is 0 Å². The summed E-state index contributed by atoms with van der Waals surface area (Å²) in [5.41, 5.74) is 2.89. The first-order chi connectivity index (χ1) is 13.3. The average molecular weight is 371 g/mol. The minimum atomic E-state index is 0.541. The Kier molecular flexibility index (Phi) is 8.18. The smallest absolute Gasteiger partial charge is 0.191 e. The third kappa shape index (κ3) is 6.67. The molecule has 0 amide bonds. The Morgan fingerprint density at radius 1 is 1.26 bits per heavy atom. The minimum absolute atomic E-state index is 0.541. The van der Waals surface area contributed by atoms with Crippen LogP contribution in [-0.2, 0) is 11.3 Å². The molecule has 1 fully saturated rings. The molecule has 2 heterocycles. The van der Waals surface area contributed by atoms with Gasteiger partial charge in [0, 0.05) is 25.7 Å². The van der Waals surface area contributed by atoms with Gasteiger partial charge in [0.1, 0.15) is 0 Å². The number of hydrogen-bond acceptors (Lipinski definition) is 3. The number of aliphatic imine (C=N–C) groups is 1. The van der Waals surface area contributed by atoms with E-state index in [0.717, 1.165) is 58.2 Å². The van der Waals surface area contributed by atoms with Gasteiger partial charge in [-0.15, -0.1) is 0 Å². The van der Waals surface area contributed by atoms with Gasteiger partial charge < -0.3 is 15.4 Å². The molecular formula is C22H34N4O. The summed E-state index contributed by atoms with van der Waals surface area (Å²) in [6.07, 6.45) is 6.86. The lowest BCUT2D eigenvalue weighted by Gasteiger charge is -2.23. The zero-order valence-electron chi connectivity index (χ0n) is 16.6. The van der Waals surface area contributed by atoms with Crippen molar-refractivity contribution in [3.8, 4) is 0 Å². The van der Waals surface area contributed by atoms with E-state index in [0.29, 0.717) is 6.04 Å². The Morgan fingerprint density at radius 2 is 2.15 bits per heavy atom. The summed E-state index contributed by atoms with van der Waals surface area (Å²) in [5.74, 6) is 0.941. The highest BCUT2D eigenvalue weighted by Crippen LogP contribution is 2.20. The van der Waals surface area contributed by atoms with E-state index in [1.54, 1.807) is 0 Å². The van der Waals surface area contributed by atoms with Crippen molar-refractivity contribution >= 4 is 5.96 Å². The fourth-order valence-electron chi connectivity index (χ4n) is 3.80. The fraction of sp³-hybridized carbons (Fsp3) is 0.591. The van der Waals surface area contributed by atoms with Crippen LogP contribution in [0.4, 0.5) is 0 Å². The molecule has 0 bridgehead atoms. The van der Waals surface area contributed by atoms with E-state index in [4.69, 9.17) is 9.73 Å². The first-order valence-corrected chi connectivity index (χ1v) is 10.4. The first-order valence-electron chi connectivity index (χ1n) is 10.4. The van der Waals surface area contributed by atoms with Crippen LogP contribution in [-0.4, -0.2) is 56.3 Å². The maximum Gasteiger partial charge on any atom is 0.191 e.